The van der Waals surface area contributed by atoms with Gasteiger partial charge < -0.3 is 0 Å². The molecule has 0 atom stereocenters. The summed E-state index contributed by atoms with van der Waals surface area (Å²) in [6, 6.07) is 6.74. The lowest BCUT2D eigenvalue weighted by atomic mass is 9.90. The lowest BCUT2D eigenvalue weighted by Crippen LogP contribution is -2.09. The summed E-state index contributed by atoms with van der Waals surface area (Å²) in [5, 5.41) is 2.59. The molecule has 1 heterocycles. The van der Waals surface area contributed by atoms with Gasteiger partial charge in [0.2, 0.25) is 0 Å². The Hall–Kier alpha value is -1.37. The molecule has 0 spiro atoms. The lowest BCUT2D eigenvalue weighted by Gasteiger charge is -2.14. The maximum absolute atomic E-state index is 4.17. The van der Waals surface area contributed by atoms with E-state index in [1.54, 1.807) is 0 Å². The Balaban J connectivity index is 2.23. The van der Waals surface area contributed by atoms with Gasteiger partial charge >= 0.3 is 0 Å². The Morgan fingerprint density at radius 3 is 2.47 bits per heavy atom. The first-order valence-electron chi connectivity index (χ1n) is 5.50. The standard InChI is InChI=1S/C14H15N/c1-14(2)7-11-5-10-3-4-15-9-13(10)6-12(11)8-14/h3-6,9H,7-8H2,1-2H3. The second kappa shape index (κ2) is 2.82. The molecule has 76 valence electrons. The Kier molecular flexibility index (Phi) is 1.67. The van der Waals surface area contributed by atoms with Crippen LogP contribution in [-0.4, -0.2) is 4.98 Å². The maximum atomic E-state index is 4.17. The normalized spacial score (nSPS) is 18.0. The van der Waals surface area contributed by atoms with Crippen LogP contribution in [0.5, 0.6) is 0 Å². The van der Waals surface area contributed by atoms with E-state index in [0.717, 1.165) is 0 Å². The van der Waals surface area contributed by atoms with Gasteiger partial charge in [-0.15, -0.1) is 0 Å². The minimum Gasteiger partial charge on any atom is -0.264 e. The SMILES string of the molecule is CC1(C)Cc2cc3ccncc3cc2C1. The van der Waals surface area contributed by atoms with Gasteiger partial charge in [-0.25, -0.2) is 0 Å². The quantitative estimate of drug-likeness (QED) is 0.631. The second-order valence-corrected chi connectivity index (χ2v) is 5.36. The van der Waals surface area contributed by atoms with Gasteiger partial charge in [0.15, 0.2) is 0 Å². The van der Waals surface area contributed by atoms with Crippen molar-refractivity contribution in [3.63, 3.8) is 0 Å². The predicted molar refractivity (Wildman–Crippen MR) is 62.9 cm³/mol. The fourth-order valence-electron chi connectivity index (χ4n) is 2.65. The molecule has 3 rings (SSSR count). The van der Waals surface area contributed by atoms with E-state index >= 15 is 0 Å². The largest absolute Gasteiger partial charge is 0.264 e. The van der Waals surface area contributed by atoms with Crippen molar-refractivity contribution in [1.29, 1.82) is 0 Å². The molecule has 0 saturated carbocycles. The van der Waals surface area contributed by atoms with E-state index < -0.39 is 0 Å². The highest BCUT2D eigenvalue weighted by atomic mass is 14.6. The minimum atomic E-state index is 0.438. The van der Waals surface area contributed by atoms with E-state index in [0.29, 0.717) is 5.41 Å². The molecule has 1 heteroatoms. The topological polar surface area (TPSA) is 12.9 Å². The van der Waals surface area contributed by atoms with Crippen molar-refractivity contribution in [2.75, 3.05) is 0 Å². The van der Waals surface area contributed by atoms with Gasteiger partial charge in [0, 0.05) is 17.8 Å². The Labute approximate surface area is 90.2 Å². The van der Waals surface area contributed by atoms with E-state index in [4.69, 9.17) is 0 Å². The number of hydrogen-bond acceptors (Lipinski definition) is 1. The zero-order valence-electron chi connectivity index (χ0n) is 9.25. The van der Waals surface area contributed by atoms with Gasteiger partial charge in [-0.3, -0.25) is 4.98 Å². The van der Waals surface area contributed by atoms with Crippen LogP contribution in [0.1, 0.15) is 25.0 Å². The average molecular weight is 197 g/mol. The average Bonchev–Trinajstić information content (AvgIpc) is 2.46. The first kappa shape index (κ1) is 8.90. The van der Waals surface area contributed by atoms with Crippen LogP contribution in [0, 0.1) is 5.41 Å². The Morgan fingerprint density at radius 1 is 1.07 bits per heavy atom. The molecule has 1 aromatic heterocycles. The van der Waals surface area contributed by atoms with Gasteiger partial charge in [0.1, 0.15) is 0 Å². The summed E-state index contributed by atoms with van der Waals surface area (Å²) in [5.74, 6) is 0. The van der Waals surface area contributed by atoms with Crippen molar-refractivity contribution in [2.45, 2.75) is 26.7 Å². The Morgan fingerprint density at radius 2 is 1.73 bits per heavy atom. The second-order valence-electron chi connectivity index (χ2n) is 5.36. The van der Waals surface area contributed by atoms with E-state index in [-0.39, 0.29) is 0 Å². The zero-order valence-corrected chi connectivity index (χ0v) is 9.25. The van der Waals surface area contributed by atoms with Crippen molar-refractivity contribution in [3.05, 3.63) is 41.7 Å². The van der Waals surface area contributed by atoms with Gasteiger partial charge in [0.05, 0.1) is 0 Å². The molecular formula is C14H15N. The fourth-order valence-corrected chi connectivity index (χ4v) is 2.65. The van der Waals surface area contributed by atoms with E-state index in [1.165, 1.54) is 34.7 Å². The summed E-state index contributed by atoms with van der Waals surface area (Å²) in [5.41, 5.74) is 3.48. The molecular weight excluding hydrogens is 182 g/mol. The molecule has 1 aliphatic rings. The summed E-state index contributed by atoms with van der Waals surface area (Å²) < 4.78 is 0. The molecule has 0 bridgehead atoms. The summed E-state index contributed by atoms with van der Waals surface area (Å²) in [6.45, 7) is 4.69. The lowest BCUT2D eigenvalue weighted by molar-refractivity contribution is 0.392. The van der Waals surface area contributed by atoms with Crippen LogP contribution in [0.15, 0.2) is 30.6 Å². The van der Waals surface area contributed by atoms with E-state index in [9.17, 15) is 0 Å². The van der Waals surface area contributed by atoms with E-state index in [1.807, 2.05) is 12.4 Å². The van der Waals surface area contributed by atoms with E-state index in [2.05, 4.69) is 37.0 Å². The minimum absolute atomic E-state index is 0.438. The molecule has 2 aromatic rings. The zero-order chi connectivity index (χ0) is 10.5. The summed E-state index contributed by atoms with van der Waals surface area (Å²) >= 11 is 0. The number of rotatable bonds is 0. The first-order valence-corrected chi connectivity index (χ1v) is 5.50. The molecule has 0 amide bonds. The molecule has 0 fully saturated rings. The van der Waals surface area contributed by atoms with Gasteiger partial charge in [0.25, 0.3) is 0 Å². The highest BCUT2D eigenvalue weighted by Crippen LogP contribution is 2.37. The van der Waals surface area contributed by atoms with Crippen molar-refractivity contribution < 1.29 is 0 Å². The van der Waals surface area contributed by atoms with Crippen LogP contribution < -0.4 is 0 Å². The maximum Gasteiger partial charge on any atom is 0.0346 e. The van der Waals surface area contributed by atoms with Gasteiger partial charge in [-0.05, 0) is 46.9 Å². The third kappa shape index (κ3) is 1.43. The summed E-state index contributed by atoms with van der Waals surface area (Å²) in [7, 11) is 0. The molecule has 0 N–H and O–H groups in total. The molecule has 1 nitrogen and oxygen atoms in total. The van der Waals surface area contributed by atoms with Crippen LogP contribution in [0.25, 0.3) is 10.8 Å². The monoisotopic (exact) mass is 197 g/mol. The molecule has 0 unspecified atom stereocenters. The predicted octanol–water partition coefficient (Wildman–Crippen LogP) is 3.36. The fraction of sp³-hybridized carbons (Fsp3) is 0.357. The molecule has 1 aromatic carbocycles. The van der Waals surface area contributed by atoms with Gasteiger partial charge in [-0.1, -0.05) is 19.9 Å². The van der Waals surface area contributed by atoms with Crippen LogP contribution in [0.4, 0.5) is 0 Å². The number of pyridine rings is 1. The number of aromatic nitrogens is 1. The van der Waals surface area contributed by atoms with Gasteiger partial charge in [-0.2, -0.15) is 0 Å². The van der Waals surface area contributed by atoms with Crippen molar-refractivity contribution in [2.24, 2.45) is 5.41 Å². The number of nitrogens with zero attached hydrogens (tertiary/aromatic N) is 1. The molecule has 0 aliphatic heterocycles. The molecule has 0 radical (unpaired) electrons. The van der Waals surface area contributed by atoms with Crippen molar-refractivity contribution in [3.8, 4) is 0 Å². The third-order valence-electron chi connectivity index (χ3n) is 3.30. The number of hydrogen-bond donors (Lipinski definition) is 0. The number of benzene rings is 1. The third-order valence-corrected chi connectivity index (χ3v) is 3.30. The molecule has 15 heavy (non-hydrogen) atoms. The smallest absolute Gasteiger partial charge is 0.0346 e. The summed E-state index contributed by atoms with van der Waals surface area (Å²) in [6.07, 6.45) is 6.24. The van der Waals surface area contributed by atoms with Crippen molar-refractivity contribution >= 4 is 10.8 Å². The van der Waals surface area contributed by atoms with Crippen LogP contribution in [0.2, 0.25) is 0 Å². The summed E-state index contributed by atoms with van der Waals surface area (Å²) in [4.78, 5) is 4.17. The molecule has 1 aliphatic carbocycles. The Bertz CT molecular complexity index is 479. The van der Waals surface area contributed by atoms with Crippen molar-refractivity contribution in [1.82, 2.24) is 4.98 Å². The highest BCUT2D eigenvalue weighted by Gasteiger charge is 2.28. The van der Waals surface area contributed by atoms with Crippen LogP contribution >= 0.6 is 0 Å². The highest BCUT2D eigenvalue weighted by molar-refractivity contribution is 5.83. The number of fused-ring (bicyclic) bond motifs is 2. The van der Waals surface area contributed by atoms with Crippen LogP contribution in [-0.2, 0) is 12.8 Å². The molecule has 0 saturated heterocycles. The first-order chi connectivity index (χ1) is 7.14. The van der Waals surface area contributed by atoms with Crippen LogP contribution in [0.3, 0.4) is 0 Å².